The van der Waals surface area contributed by atoms with Gasteiger partial charge >= 0.3 is 5.97 Å². The molecule has 0 bridgehead atoms. The molecule has 2 rings (SSSR count). The molecule has 1 atom stereocenters. The van der Waals surface area contributed by atoms with E-state index in [1.165, 1.54) is 4.90 Å². The molecule has 1 aliphatic rings. The molecule has 0 saturated carbocycles. The minimum absolute atomic E-state index is 0.348. The SMILES string of the molecule is NC(=O)[C@@H]1CCCCN1C(=O)COC(=O)c1ccccc1Br. The number of esters is 1. The number of amides is 2. The number of carbonyl (C=O) groups is 3. The van der Waals surface area contributed by atoms with Crippen molar-refractivity contribution in [2.75, 3.05) is 13.2 Å². The van der Waals surface area contributed by atoms with Gasteiger partial charge in [-0.2, -0.15) is 0 Å². The van der Waals surface area contributed by atoms with E-state index in [0.717, 1.165) is 12.8 Å². The van der Waals surface area contributed by atoms with E-state index in [2.05, 4.69) is 15.9 Å². The van der Waals surface area contributed by atoms with E-state index in [4.69, 9.17) is 10.5 Å². The monoisotopic (exact) mass is 368 g/mol. The average molecular weight is 369 g/mol. The van der Waals surface area contributed by atoms with Crippen LogP contribution in [-0.4, -0.2) is 41.9 Å². The number of nitrogens with two attached hydrogens (primary N) is 1. The Balaban J connectivity index is 1.96. The summed E-state index contributed by atoms with van der Waals surface area (Å²) in [5, 5.41) is 0. The van der Waals surface area contributed by atoms with Crippen molar-refractivity contribution in [1.82, 2.24) is 4.90 Å². The van der Waals surface area contributed by atoms with Gasteiger partial charge in [-0.25, -0.2) is 4.79 Å². The predicted octanol–water partition coefficient (Wildman–Crippen LogP) is 1.47. The van der Waals surface area contributed by atoms with E-state index < -0.39 is 30.4 Å². The van der Waals surface area contributed by atoms with Gasteiger partial charge < -0.3 is 15.4 Å². The Labute approximate surface area is 136 Å². The van der Waals surface area contributed by atoms with Gasteiger partial charge in [0.05, 0.1) is 5.56 Å². The van der Waals surface area contributed by atoms with E-state index in [-0.39, 0.29) is 0 Å². The van der Waals surface area contributed by atoms with Gasteiger partial charge in [0.2, 0.25) is 5.91 Å². The molecule has 0 unspecified atom stereocenters. The third-order valence-corrected chi connectivity index (χ3v) is 4.26. The molecular weight excluding hydrogens is 352 g/mol. The van der Waals surface area contributed by atoms with Crippen molar-refractivity contribution in [2.45, 2.75) is 25.3 Å². The van der Waals surface area contributed by atoms with Crippen molar-refractivity contribution in [1.29, 1.82) is 0 Å². The number of piperidine rings is 1. The van der Waals surface area contributed by atoms with Crippen LogP contribution in [-0.2, 0) is 14.3 Å². The Morgan fingerprint density at radius 1 is 1.27 bits per heavy atom. The Morgan fingerprint density at radius 2 is 2.00 bits per heavy atom. The molecule has 1 heterocycles. The maximum Gasteiger partial charge on any atom is 0.339 e. The Hall–Kier alpha value is -1.89. The summed E-state index contributed by atoms with van der Waals surface area (Å²) >= 11 is 3.25. The summed E-state index contributed by atoms with van der Waals surface area (Å²) in [4.78, 5) is 36.9. The Kier molecular flexibility index (Phi) is 5.54. The highest BCUT2D eigenvalue weighted by Crippen LogP contribution is 2.18. The second-order valence-electron chi connectivity index (χ2n) is 5.06. The van der Waals surface area contributed by atoms with Gasteiger partial charge in [0.15, 0.2) is 6.61 Å². The maximum absolute atomic E-state index is 12.2. The molecule has 1 aliphatic heterocycles. The van der Waals surface area contributed by atoms with E-state index >= 15 is 0 Å². The molecule has 1 fully saturated rings. The molecule has 6 nitrogen and oxygen atoms in total. The van der Waals surface area contributed by atoms with Gasteiger partial charge in [-0.15, -0.1) is 0 Å². The summed E-state index contributed by atoms with van der Waals surface area (Å²) in [5.41, 5.74) is 5.66. The largest absolute Gasteiger partial charge is 0.452 e. The van der Waals surface area contributed by atoms with Gasteiger partial charge in [0.25, 0.3) is 5.91 Å². The van der Waals surface area contributed by atoms with Crippen molar-refractivity contribution in [3.63, 3.8) is 0 Å². The topological polar surface area (TPSA) is 89.7 Å². The molecule has 0 spiro atoms. The van der Waals surface area contributed by atoms with Crippen LogP contribution < -0.4 is 5.73 Å². The molecule has 22 heavy (non-hydrogen) atoms. The number of rotatable bonds is 4. The number of carbonyl (C=O) groups excluding carboxylic acids is 3. The number of hydrogen-bond donors (Lipinski definition) is 1. The van der Waals surface area contributed by atoms with Crippen molar-refractivity contribution in [3.8, 4) is 0 Å². The number of halogens is 1. The molecule has 7 heteroatoms. The van der Waals surface area contributed by atoms with E-state index in [9.17, 15) is 14.4 Å². The fourth-order valence-electron chi connectivity index (χ4n) is 2.44. The van der Waals surface area contributed by atoms with Gasteiger partial charge in [-0.05, 0) is 47.3 Å². The van der Waals surface area contributed by atoms with Crippen LogP contribution in [0.15, 0.2) is 28.7 Å². The summed E-state index contributed by atoms with van der Waals surface area (Å²) in [6.07, 6.45) is 2.22. The van der Waals surface area contributed by atoms with Crippen molar-refractivity contribution in [2.24, 2.45) is 5.73 Å². The Morgan fingerprint density at radius 3 is 2.68 bits per heavy atom. The number of likely N-dealkylation sites (tertiary alicyclic amines) is 1. The van der Waals surface area contributed by atoms with Crippen LogP contribution in [0.25, 0.3) is 0 Å². The fourth-order valence-corrected chi connectivity index (χ4v) is 2.89. The van der Waals surface area contributed by atoms with Crippen LogP contribution in [0.4, 0.5) is 0 Å². The Bertz CT molecular complexity index is 591. The highest BCUT2D eigenvalue weighted by molar-refractivity contribution is 9.10. The van der Waals surface area contributed by atoms with Gasteiger partial charge in [-0.3, -0.25) is 9.59 Å². The normalized spacial score (nSPS) is 17.9. The molecule has 1 aromatic carbocycles. The van der Waals surface area contributed by atoms with Crippen LogP contribution in [0.5, 0.6) is 0 Å². The second kappa shape index (κ2) is 7.40. The molecule has 2 N–H and O–H groups in total. The molecule has 1 saturated heterocycles. The lowest BCUT2D eigenvalue weighted by Crippen LogP contribution is -2.51. The van der Waals surface area contributed by atoms with Crippen LogP contribution in [0.3, 0.4) is 0 Å². The first-order valence-electron chi connectivity index (χ1n) is 7.01. The minimum Gasteiger partial charge on any atom is -0.452 e. The van der Waals surface area contributed by atoms with E-state index in [1.807, 2.05) is 0 Å². The number of hydrogen-bond acceptors (Lipinski definition) is 4. The molecule has 118 valence electrons. The zero-order valence-corrected chi connectivity index (χ0v) is 13.5. The average Bonchev–Trinajstić information content (AvgIpc) is 2.52. The van der Waals surface area contributed by atoms with Gasteiger partial charge in [-0.1, -0.05) is 12.1 Å². The fraction of sp³-hybridized carbons (Fsp3) is 0.400. The summed E-state index contributed by atoms with van der Waals surface area (Å²) in [5.74, 6) is -1.51. The van der Waals surface area contributed by atoms with Gasteiger partial charge in [0, 0.05) is 11.0 Å². The standard InChI is InChI=1S/C15H17BrN2O4/c16-11-6-2-1-5-10(11)15(21)22-9-13(19)18-8-4-3-7-12(18)14(17)20/h1-2,5-6,12H,3-4,7-9H2,(H2,17,20)/t12-/m0/s1. The number of nitrogens with zero attached hydrogens (tertiary/aromatic N) is 1. The first-order valence-corrected chi connectivity index (χ1v) is 7.80. The van der Waals surface area contributed by atoms with Gasteiger partial charge in [0.1, 0.15) is 6.04 Å². The summed E-state index contributed by atoms with van der Waals surface area (Å²) in [7, 11) is 0. The predicted molar refractivity (Wildman–Crippen MR) is 83.0 cm³/mol. The first-order chi connectivity index (χ1) is 10.5. The highest BCUT2D eigenvalue weighted by Gasteiger charge is 2.31. The lowest BCUT2D eigenvalue weighted by molar-refractivity contribution is -0.143. The smallest absolute Gasteiger partial charge is 0.339 e. The van der Waals surface area contributed by atoms with E-state index in [0.29, 0.717) is 23.0 Å². The molecule has 0 aromatic heterocycles. The molecule has 1 aromatic rings. The van der Waals surface area contributed by atoms with E-state index in [1.54, 1.807) is 24.3 Å². The second-order valence-corrected chi connectivity index (χ2v) is 5.91. The number of primary amides is 1. The minimum atomic E-state index is -0.608. The summed E-state index contributed by atoms with van der Waals surface area (Å²) in [6, 6.07) is 6.19. The van der Waals surface area contributed by atoms with Crippen LogP contribution in [0.1, 0.15) is 29.6 Å². The number of ether oxygens (including phenoxy) is 1. The lowest BCUT2D eigenvalue weighted by Gasteiger charge is -2.33. The zero-order valence-electron chi connectivity index (χ0n) is 12.0. The third kappa shape index (κ3) is 3.85. The van der Waals surface area contributed by atoms with Crippen molar-refractivity contribution >= 4 is 33.7 Å². The molecule has 0 aliphatic carbocycles. The van der Waals surface area contributed by atoms with Crippen molar-refractivity contribution in [3.05, 3.63) is 34.3 Å². The summed E-state index contributed by atoms with van der Waals surface area (Å²) in [6.45, 7) is 0.0585. The molecule has 0 radical (unpaired) electrons. The zero-order chi connectivity index (χ0) is 16.1. The first kappa shape index (κ1) is 16.5. The third-order valence-electron chi connectivity index (χ3n) is 3.57. The molecular formula is C15H17BrN2O4. The highest BCUT2D eigenvalue weighted by atomic mass is 79.9. The van der Waals surface area contributed by atoms with Crippen LogP contribution >= 0.6 is 15.9 Å². The molecule has 2 amide bonds. The van der Waals surface area contributed by atoms with Crippen molar-refractivity contribution < 1.29 is 19.1 Å². The van der Waals surface area contributed by atoms with Crippen LogP contribution in [0, 0.1) is 0 Å². The quantitative estimate of drug-likeness (QED) is 0.814. The maximum atomic E-state index is 12.2. The lowest BCUT2D eigenvalue weighted by atomic mass is 10.0. The number of benzene rings is 1. The summed E-state index contributed by atoms with van der Waals surface area (Å²) < 4.78 is 5.64. The van der Waals surface area contributed by atoms with Crippen LogP contribution in [0.2, 0.25) is 0 Å².